The number of benzene rings is 1. The topological polar surface area (TPSA) is 44.5 Å². The van der Waals surface area contributed by atoms with Crippen molar-refractivity contribution in [1.29, 1.82) is 0 Å². The molecule has 0 fully saturated rings. The van der Waals surface area contributed by atoms with E-state index < -0.39 is 0 Å². The molecule has 3 rings (SSSR count). The summed E-state index contributed by atoms with van der Waals surface area (Å²) in [5, 5.41) is 0. The second-order valence-electron chi connectivity index (χ2n) is 5.72. The van der Waals surface area contributed by atoms with E-state index in [0.717, 1.165) is 34.4 Å². The first kappa shape index (κ1) is 12.3. The molecule has 0 aromatic heterocycles. The van der Waals surface area contributed by atoms with Gasteiger partial charge in [0.05, 0.1) is 13.2 Å². The van der Waals surface area contributed by atoms with Crippen LogP contribution in [0.4, 0.5) is 0 Å². The van der Waals surface area contributed by atoms with Crippen LogP contribution in [0, 0.1) is 0 Å². The molecule has 1 aliphatic heterocycles. The minimum Gasteiger partial charge on any atom is -0.490 e. The van der Waals surface area contributed by atoms with Crippen molar-refractivity contribution >= 4 is 15.9 Å². The van der Waals surface area contributed by atoms with Crippen LogP contribution in [0.15, 0.2) is 10.5 Å². The molecule has 1 aromatic carbocycles. The van der Waals surface area contributed by atoms with E-state index in [0.29, 0.717) is 13.2 Å². The van der Waals surface area contributed by atoms with E-state index in [1.54, 1.807) is 0 Å². The zero-order valence-electron chi connectivity index (χ0n) is 10.8. The fourth-order valence-corrected chi connectivity index (χ4v) is 4.05. The van der Waals surface area contributed by atoms with Crippen molar-refractivity contribution in [2.45, 2.75) is 38.1 Å². The van der Waals surface area contributed by atoms with Gasteiger partial charge in [0.15, 0.2) is 11.5 Å². The Hall–Kier alpha value is -0.740. The van der Waals surface area contributed by atoms with Crippen LogP contribution in [0.3, 0.4) is 0 Å². The Morgan fingerprint density at radius 3 is 2.83 bits per heavy atom. The molecule has 1 heterocycles. The number of hydrogen-bond acceptors (Lipinski definition) is 3. The molecule has 4 heteroatoms. The molecule has 3 nitrogen and oxygen atoms in total. The van der Waals surface area contributed by atoms with Gasteiger partial charge in [0.25, 0.3) is 0 Å². The molecule has 18 heavy (non-hydrogen) atoms. The summed E-state index contributed by atoms with van der Waals surface area (Å²) in [6.45, 7) is 5.87. The fraction of sp³-hybridized carbons (Fsp3) is 0.571. The minimum absolute atomic E-state index is 0.0305. The van der Waals surface area contributed by atoms with Crippen LogP contribution in [0.1, 0.15) is 43.9 Å². The van der Waals surface area contributed by atoms with Gasteiger partial charge < -0.3 is 15.2 Å². The summed E-state index contributed by atoms with van der Waals surface area (Å²) in [5.41, 5.74) is 8.80. The van der Waals surface area contributed by atoms with Gasteiger partial charge in [0.1, 0.15) is 0 Å². The van der Waals surface area contributed by atoms with Crippen molar-refractivity contribution in [3.05, 3.63) is 21.7 Å². The van der Waals surface area contributed by atoms with Gasteiger partial charge in [-0.3, -0.25) is 0 Å². The molecule has 1 aliphatic carbocycles. The maximum atomic E-state index is 6.31. The third kappa shape index (κ3) is 1.74. The van der Waals surface area contributed by atoms with Gasteiger partial charge >= 0.3 is 0 Å². The normalized spacial score (nSPS) is 24.6. The molecule has 98 valence electrons. The highest BCUT2D eigenvalue weighted by molar-refractivity contribution is 9.10. The lowest BCUT2D eigenvalue weighted by Crippen LogP contribution is -2.14. The standard InChI is InChI=1S/C14H18BrNO2/c1-14(2)7-9(16)11-12(14)8(15)6-10-13(11)18-5-3-4-17-10/h6,9H,3-5,7,16H2,1-2H3. The summed E-state index contributed by atoms with van der Waals surface area (Å²) < 4.78 is 12.7. The molecule has 1 unspecified atom stereocenters. The predicted octanol–water partition coefficient (Wildman–Crippen LogP) is 3.29. The Kier molecular flexibility index (Phi) is 2.83. The van der Waals surface area contributed by atoms with Crippen molar-refractivity contribution in [3.8, 4) is 11.5 Å². The molecule has 0 saturated heterocycles. The lowest BCUT2D eigenvalue weighted by molar-refractivity contribution is 0.295. The van der Waals surface area contributed by atoms with Crippen molar-refractivity contribution in [2.75, 3.05) is 13.2 Å². The average Bonchev–Trinajstić information content (AvgIpc) is 2.46. The molecule has 0 bridgehead atoms. The van der Waals surface area contributed by atoms with Crippen LogP contribution in [0.2, 0.25) is 0 Å². The molecule has 2 N–H and O–H groups in total. The number of nitrogens with two attached hydrogens (primary N) is 1. The molecule has 0 radical (unpaired) electrons. The van der Waals surface area contributed by atoms with E-state index in [2.05, 4.69) is 29.8 Å². The monoisotopic (exact) mass is 311 g/mol. The minimum atomic E-state index is 0.0305. The first-order valence-corrected chi connectivity index (χ1v) is 7.18. The molecule has 2 aliphatic rings. The highest BCUT2D eigenvalue weighted by Crippen LogP contribution is 2.53. The lowest BCUT2D eigenvalue weighted by atomic mass is 9.86. The summed E-state index contributed by atoms with van der Waals surface area (Å²) in [7, 11) is 0. The number of ether oxygens (including phenoxy) is 2. The SMILES string of the molecule is CC1(C)CC(N)c2c3c(cc(Br)c21)OCCCO3. The van der Waals surface area contributed by atoms with Crippen LogP contribution in [-0.2, 0) is 5.41 Å². The Balaban J connectivity index is 2.25. The molecule has 0 amide bonds. The Bertz CT molecular complexity index is 499. The fourth-order valence-electron chi connectivity index (χ4n) is 3.09. The van der Waals surface area contributed by atoms with Crippen molar-refractivity contribution in [1.82, 2.24) is 0 Å². The average molecular weight is 312 g/mol. The Morgan fingerprint density at radius 2 is 2.06 bits per heavy atom. The highest BCUT2D eigenvalue weighted by atomic mass is 79.9. The molecule has 1 aromatic rings. The Morgan fingerprint density at radius 1 is 1.33 bits per heavy atom. The molecular formula is C14H18BrNO2. The predicted molar refractivity (Wildman–Crippen MR) is 74.3 cm³/mol. The highest BCUT2D eigenvalue weighted by Gasteiger charge is 2.40. The van der Waals surface area contributed by atoms with E-state index >= 15 is 0 Å². The van der Waals surface area contributed by atoms with Gasteiger partial charge in [-0.15, -0.1) is 0 Å². The maximum absolute atomic E-state index is 6.31. The molecule has 1 atom stereocenters. The van der Waals surface area contributed by atoms with E-state index in [4.69, 9.17) is 15.2 Å². The summed E-state index contributed by atoms with van der Waals surface area (Å²) in [4.78, 5) is 0. The third-order valence-electron chi connectivity index (χ3n) is 3.80. The van der Waals surface area contributed by atoms with Gasteiger partial charge in [-0.2, -0.15) is 0 Å². The summed E-state index contributed by atoms with van der Waals surface area (Å²) in [6.07, 6.45) is 1.86. The number of hydrogen-bond donors (Lipinski definition) is 1. The van der Waals surface area contributed by atoms with Crippen molar-refractivity contribution in [2.24, 2.45) is 5.73 Å². The second-order valence-corrected chi connectivity index (χ2v) is 6.57. The van der Waals surface area contributed by atoms with Gasteiger partial charge in [0, 0.05) is 22.5 Å². The second kappa shape index (κ2) is 4.14. The van der Waals surface area contributed by atoms with E-state index in [-0.39, 0.29) is 11.5 Å². The summed E-state index contributed by atoms with van der Waals surface area (Å²) in [6, 6.07) is 2.06. The Labute approximate surface area is 116 Å². The summed E-state index contributed by atoms with van der Waals surface area (Å²) in [5.74, 6) is 1.69. The summed E-state index contributed by atoms with van der Waals surface area (Å²) >= 11 is 3.66. The van der Waals surface area contributed by atoms with Gasteiger partial charge in [-0.1, -0.05) is 29.8 Å². The van der Waals surface area contributed by atoms with Crippen LogP contribution < -0.4 is 15.2 Å². The lowest BCUT2D eigenvalue weighted by Gasteiger charge is -2.21. The van der Waals surface area contributed by atoms with Gasteiger partial charge in [-0.25, -0.2) is 0 Å². The smallest absolute Gasteiger partial charge is 0.166 e. The van der Waals surface area contributed by atoms with E-state index in [9.17, 15) is 0 Å². The number of halogens is 1. The van der Waals surface area contributed by atoms with E-state index in [1.165, 1.54) is 5.56 Å². The largest absolute Gasteiger partial charge is 0.490 e. The van der Waals surface area contributed by atoms with Crippen LogP contribution >= 0.6 is 15.9 Å². The van der Waals surface area contributed by atoms with E-state index in [1.807, 2.05) is 6.07 Å². The first-order valence-electron chi connectivity index (χ1n) is 6.39. The van der Waals surface area contributed by atoms with Crippen LogP contribution in [-0.4, -0.2) is 13.2 Å². The first-order chi connectivity index (χ1) is 8.50. The van der Waals surface area contributed by atoms with Crippen LogP contribution in [0.5, 0.6) is 11.5 Å². The quantitative estimate of drug-likeness (QED) is 0.799. The molecular weight excluding hydrogens is 294 g/mol. The molecule has 0 spiro atoms. The zero-order chi connectivity index (χ0) is 12.9. The van der Waals surface area contributed by atoms with Crippen molar-refractivity contribution < 1.29 is 9.47 Å². The number of rotatable bonds is 0. The van der Waals surface area contributed by atoms with Crippen LogP contribution in [0.25, 0.3) is 0 Å². The van der Waals surface area contributed by atoms with Crippen molar-refractivity contribution in [3.63, 3.8) is 0 Å². The van der Waals surface area contributed by atoms with Gasteiger partial charge in [-0.05, 0) is 23.5 Å². The molecule has 0 saturated carbocycles. The van der Waals surface area contributed by atoms with Gasteiger partial charge in [0.2, 0.25) is 0 Å². The maximum Gasteiger partial charge on any atom is 0.166 e. The zero-order valence-corrected chi connectivity index (χ0v) is 12.3. The number of fused-ring (bicyclic) bond motifs is 3. The third-order valence-corrected chi connectivity index (χ3v) is 4.43.